The second kappa shape index (κ2) is 5.84. The molecule has 96 valence electrons. The molecule has 1 heterocycles. The number of nitrogens with zero attached hydrogens (tertiary/aromatic N) is 1. The van der Waals surface area contributed by atoms with E-state index in [-0.39, 0.29) is 11.8 Å². The normalized spacial score (nSPS) is 16.5. The van der Waals surface area contributed by atoms with Crippen molar-refractivity contribution >= 4 is 11.8 Å². The first-order valence-electron chi connectivity index (χ1n) is 6.18. The number of rotatable bonds is 4. The average Bonchev–Trinajstić information content (AvgIpc) is 2.35. The predicted octanol–water partition coefficient (Wildman–Crippen LogP) is 1.33. The fourth-order valence-corrected chi connectivity index (χ4v) is 1.98. The second-order valence-electron chi connectivity index (χ2n) is 4.98. The summed E-state index contributed by atoms with van der Waals surface area (Å²) in [4.78, 5) is 26.0. The van der Waals surface area contributed by atoms with Crippen LogP contribution in [0.4, 0.5) is 0 Å². The van der Waals surface area contributed by atoms with Crippen molar-refractivity contribution in [2.45, 2.75) is 33.1 Å². The number of piperidine rings is 1. The largest absolute Gasteiger partial charge is 0.352 e. The maximum Gasteiger partial charge on any atom is 0.237 e. The summed E-state index contributed by atoms with van der Waals surface area (Å²) in [6, 6.07) is 0. The van der Waals surface area contributed by atoms with Gasteiger partial charge in [0.1, 0.15) is 5.41 Å². The van der Waals surface area contributed by atoms with Crippen molar-refractivity contribution in [3.63, 3.8) is 0 Å². The number of hydrogen-bond acceptors (Lipinski definition) is 2. The van der Waals surface area contributed by atoms with Crippen LogP contribution in [-0.4, -0.2) is 36.3 Å². The zero-order chi connectivity index (χ0) is 12.9. The predicted molar refractivity (Wildman–Crippen MR) is 67.4 cm³/mol. The van der Waals surface area contributed by atoms with Gasteiger partial charge in [0.05, 0.1) is 0 Å². The monoisotopic (exact) mass is 238 g/mol. The SMILES string of the molecule is C=CCNC(=O)C(C)(C)C(=O)N1CCCCC1. The molecule has 1 N–H and O–H groups in total. The molecular formula is C13H22N2O2. The van der Waals surface area contributed by atoms with E-state index in [1.807, 2.05) is 0 Å². The lowest BCUT2D eigenvalue weighted by atomic mass is 9.89. The molecule has 0 atom stereocenters. The van der Waals surface area contributed by atoms with Gasteiger partial charge >= 0.3 is 0 Å². The van der Waals surface area contributed by atoms with E-state index >= 15 is 0 Å². The van der Waals surface area contributed by atoms with Crippen LogP contribution < -0.4 is 5.32 Å². The minimum absolute atomic E-state index is 0.0706. The van der Waals surface area contributed by atoms with Crippen molar-refractivity contribution < 1.29 is 9.59 Å². The summed E-state index contributed by atoms with van der Waals surface area (Å²) in [6.45, 7) is 8.85. The number of likely N-dealkylation sites (tertiary alicyclic amines) is 1. The second-order valence-corrected chi connectivity index (χ2v) is 4.98. The highest BCUT2D eigenvalue weighted by Crippen LogP contribution is 2.22. The smallest absolute Gasteiger partial charge is 0.237 e. The van der Waals surface area contributed by atoms with Crippen molar-refractivity contribution in [1.29, 1.82) is 0 Å². The van der Waals surface area contributed by atoms with Crippen LogP contribution in [0.15, 0.2) is 12.7 Å². The summed E-state index contributed by atoms with van der Waals surface area (Å²) < 4.78 is 0. The Bertz CT molecular complexity index is 305. The Morgan fingerprint density at radius 2 is 1.88 bits per heavy atom. The number of hydrogen-bond donors (Lipinski definition) is 1. The lowest BCUT2D eigenvalue weighted by Gasteiger charge is -2.33. The molecule has 0 aliphatic carbocycles. The van der Waals surface area contributed by atoms with Gasteiger partial charge in [0.15, 0.2) is 0 Å². The molecule has 0 unspecified atom stereocenters. The third-order valence-electron chi connectivity index (χ3n) is 3.15. The summed E-state index contributed by atoms with van der Waals surface area (Å²) in [7, 11) is 0. The summed E-state index contributed by atoms with van der Waals surface area (Å²) in [5, 5.41) is 2.69. The van der Waals surface area contributed by atoms with Crippen molar-refractivity contribution in [2.24, 2.45) is 5.41 Å². The Labute approximate surface area is 103 Å². The molecule has 4 nitrogen and oxygen atoms in total. The van der Waals surface area contributed by atoms with Gasteiger partial charge in [-0.1, -0.05) is 6.08 Å². The molecule has 0 aromatic carbocycles. The Morgan fingerprint density at radius 1 is 1.29 bits per heavy atom. The molecule has 0 spiro atoms. The van der Waals surface area contributed by atoms with Crippen molar-refractivity contribution in [3.8, 4) is 0 Å². The standard InChI is InChI=1S/C13H22N2O2/c1-4-8-14-11(16)13(2,3)12(17)15-9-6-5-7-10-15/h4H,1,5-10H2,2-3H3,(H,14,16). The van der Waals surface area contributed by atoms with Gasteiger partial charge < -0.3 is 10.2 Å². The molecule has 17 heavy (non-hydrogen) atoms. The van der Waals surface area contributed by atoms with Gasteiger partial charge in [-0.15, -0.1) is 6.58 Å². The van der Waals surface area contributed by atoms with Gasteiger partial charge in [-0.3, -0.25) is 9.59 Å². The highest BCUT2D eigenvalue weighted by molar-refractivity contribution is 6.04. The van der Waals surface area contributed by atoms with E-state index in [4.69, 9.17) is 0 Å². The van der Waals surface area contributed by atoms with Crippen LogP contribution in [0.25, 0.3) is 0 Å². The highest BCUT2D eigenvalue weighted by Gasteiger charge is 2.39. The van der Waals surface area contributed by atoms with Crippen LogP contribution in [0.2, 0.25) is 0 Å². The molecular weight excluding hydrogens is 216 g/mol. The van der Waals surface area contributed by atoms with E-state index < -0.39 is 5.41 Å². The third-order valence-corrected chi connectivity index (χ3v) is 3.15. The van der Waals surface area contributed by atoms with Gasteiger partial charge in [-0.05, 0) is 33.1 Å². The Kier molecular flexibility index (Phi) is 4.73. The molecule has 2 amide bonds. The van der Waals surface area contributed by atoms with Gasteiger partial charge in [-0.25, -0.2) is 0 Å². The van der Waals surface area contributed by atoms with Crippen molar-refractivity contribution in [3.05, 3.63) is 12.7 Å². The highest BCUT2D eigenvalue weighted by atomic mass is 16.2. The van der Waals surface area contributed by atoms with Crippen LogP contribution >= 0.6 is 0 Å². The van der Waals surface area contributed by atoms with Gasteiger partial charge in [0.2, 0.25) is 11.8 Å². The van der Waals surface area contributed by atoms with E-state index in [0.29, 0.717) is 6.54 Å². The van der Waals surface area contributed by atoms with Crippen LogP contribution in [-0.2, 0) is 9.59 Å². The number of carbonyl (C=O) groups excluding carboxylic acids is 2. The molecule has 1 saturated heterocycles. The summed E-state index contributed by atoms with van der Waals surface area (Å²) in [5.74, 6) is -0.299. The quantitative estimate of drug-likeness (QED) is 0.593. The minimum Gasteiger partial charge on any atom is -0.352 e. The van der Waals surface area contributed by atoms with Crippen LogP contribution in [0.5, 0.6) is 0 Å². The van der Waals surface area contributed by atoms with Crippen molar-refractivity contribution in [2.75, 3.05) is 19.6 Å². The molecule has 1 rings (SSSR count). The van der Waals surface area contributed by atoms with Gasteiger partial charge in [0, 0.05) is 19.6 Å². The Hall–Kier alpha value is -1.32. The Morgan fingerprint density at radius 3 is 2.41 bits per heavy atom. The first-order valence-corrected chi connectivity index (χ1v) is 6.18. The maximum absolute atomic E-state index is 12.3. The molecule has 4 heteroatoms. The molecule has 0 saturated carbocycles. The number of nitrogens with one attached hydrogen (secondary N) is 1. The molecule has 1 aliphatic heterocycles. The fourth-order valence-electron chi connectivity index (χ4n) is 1.98. The van der Waals surface area contributed by atoms with E-state index in [1.165, 1.54) is 6.42 Å². The molecule has 1 fully saturated rings. The molecule has 0 radical (unpaired) electrons. The van der Waals surface area contributed by atoms with Crippen LogP contribution in [0.1, 0.15) is 33.1 Å². The average molecular weight is 238 g/mol. The maximum atomic E-state index is 12.3. The Balaban J connectivity index is 2.63. The van der Waals surface area contributed by atoms with E-state index in [9.17, 15) is 9.59 Å². The third kappa shape index (κ3) is 3.32. The molecule has 0 bridgehead atoms. The van der Waals surface area contributed by atoms with Crippen LogP contribution in [0.3, 0.4) is 0 Å². The van der Waals surface area contributed by atoms with Crippen LogP contribution in [0, 0.1) is 5.41 Å². The first-order chi connectivity index (χ1) is 8.00. The zero-order valence-electron chi connectivity index (χ0n) is 10.8. The molecule has 0 aromatic heterocycles. The van der Waals surface area contributed by atoms with E-state index in [2.05, 4.69) is 11.9 Å². The zero-order valence-corrected chi connectivity index (χ0v) is 10.8. The first kappa shape index (κ1) is 13.7. The fraction of sp³-hybridized carbons (Fsp3) is 0.692. The van der Waals surface area contributed by atoms with E-state index in [1.54, 1.807) is 24.8 Å². The summed E-state index contributed by atoms with van der Waals surface area (Å²) >= 11 is 0. The minimum atomic E-state index is -0.986. The van der Waals surface area contributed by atoms with Crippen molar-refractivity contribution in [1.82, 2.24) is 10.2 Å². The number of carbonyl (C=O) groups is 2. The molecule has 0 aromatic rings. The number of amides is 2. The van der Waals surface area contributed by atoms with E-state index in [0.717, 1.165) is 25.9 Å². The molecule has 1 aliphatic rings. The topological polar surface area (TPSA) is 49.4 Å². The van der Waals surface area contributed by atoms with Gasteiger partial charge in [0.25, 0.3) is 0 Å². The summed E-state index contributed by atoms with van der Waals surface area (Å²) in [5.41, 5.74) is -0.986. The lowest BCUT2D eigenvalue weighted by molar-refractivity contribution is -0.149. The lowest BCUT2D eigenvalue weighted by Crippen LogP contribution is -2.50. The van der Waals surface area contributed by atoms with Gasteiger partial charge in [-0.2, -0.15) is 0 Å². The summed E-state index contributed by atoms with van der Waals surface area (Å²) in [6.07, 6.45) is 4.86.